The molecular formula is C9H10N4OS. The number of nitrogens with zero attached hydrogens (tertiary/aromatic N) is 2. The predicted octanol–water partition coefficient (Wildman–Crippen LogP) is 1.04. The first-order valence-corrected chi connectivity index (χ1v) is 5.33. The summed E-state index contributed by atoms with van der Waals surface area (Å²) >= 11 is 1.59. The number of H-pyrrole nitrogens is 1. The molecule has 0 aliphatic carbocycles. The largest absolute Gasteiger partial charge is 0.368 e. The van der Waals surface area contributed by atoms with Gasteiger partial charge in [0.1, 0.15) is 0 Å². The lowest BCUT2D eigenvalue weighted by molar-refractivity contribution is 1.01. The highest BCUT2D eigenvalue weighted by molar-refractivity contribution is 7.15. The molecule has 0 saturated carbocycles. The van der Waals surface area contributed by atoms with Crippen LogP contribution >= 0.6 is 11.3 Å². The zero-order chi connectivity index (χ0) is 10.8. The van der Waals surface area contributed by atoms with Crippen molar-refractivity contribution in [2.45, 2.75) is 13.3 Å². The quantitative estimate of drug-likeness (QED) is 0.795. The van der Waals surface area contributed by atoms with Crippen molar-refractivity contribution >= 4 is 17.3 Å². The fourth-order valence-corrected chi connectivity index (χ4v) is 2.10. The lowest BCUT2D eigenvalue weighted by Gasteiger charge is -1.96. The molecule has 0 saturated heterocycles. The van der Waals surface area contributed by atoms with Crippen LogP contribution in [-0.4, -0.2) is 15.0 Å². The van der Waals surface area contributed by atoms with E-state index >= 15 is 0 Å². The van der Waals surface area contributed by atoms with Crippen molar-refractivity contribution in [2.75, 3.05) is 5.73 Å². The van der Waals surface area contributed by atoms with Crippen LogP contribution in [0.3, 0.4) is 0 Å². The Bertz CT molecular complexity index is 531. The molecule has 0 spiro atoms. The summed E-state index contributed by atoms with van der Waals surface area (Å²) in [5.41, 5.74) is 4.93. The third-order valence-corrected chi connectivity index (χ3v) is 3.15. The lowest BCUT2D eigenvalue weighted by Crippen LogP contribution is -2.15. The molecule has 0 atom stereocenters. The summed E-state index contributed by atoms with van der Waals surface area (Å²) in [6.45, 7) is 2.08. The van der Waals surface area contributed by atoms with Crippen LogP contribution in [0.2, 0.25) is 0 Å². The minimum absolute atomic E-state index is 0.000184. The second kappa shape index (κ2) is 3.82. The fraction of sp³-hybridized carbons (Fsp3) is 0.222. The predicted molar refractivity (Wildman–Crippen MR) is 59.8 cm³/mol. The first-order chi connectivity index (χ1) is 7.19. The van der Waals surface area contributed by atoms with Gasteiger partial charge >= 0.3 is 5.69 Å². The molecule has 2 heterocycles. The maximum absolute atomic E-state index is 11.1. The van der Waals surface area contributed by atoms with Crippen molar-refractivity contribution in [2.24, 2.45) is 0 Å². The average Bonchev–Trinajstić information content (AvgIpc) is 2.64. The SMILES string of the molecule is CCc1ccc(-c2nc(N)nc(=O)[nH]2)s1. The number of aryl methyl sites for hydroxylation is 1. The first kappa shape index (κ1) is 9.85. The van der Waals surface area contributed by atoms with E-state index in [1.165, 1.54) is 4.88 Å². The van der Waals surface area contributed by atoms with E-state index in [0.717, 1.165) is 11.3 Å². The van der Waals surface area contributed by atoms with E-state index in [1.807, 2.05) is 12.1 Å². The molecule has 2 aromatic heterocycles. The van der Waals surface area contributed by atoms with Crippen molar-refractivity contribution in [1.82, 2.24) is 15.0 Å². The first-order valence-electron chi connectivity index (χ1n) is 4.52. The number of nitrogen functional groups attached to an aromatic ring is 1. The highest BCUT2D eigenvalue weighted by atomic mass is 32.1. The van der Waals surface area contributed by atoms with Crippen LogP contribution in [0.5, 0.6) is 0 Å². The van der Waals surface area contributed by atoms with Crippen LogP contribution in [0, 0.1) is 0 Å². The van der Waals surface area contributed by atoms with Crippen molar-refractivity contribution in [3.63, 3.8) is 0 Å². The van der Waals surface area contributed by atoms with Gasteiger partial charge in [-0.25, -0.2) is 4.79 Å². The van der Waals surface area contributed by atoms with E-state index < -0.39 is 5.69 Å². The summed E-state index contributed by atoms with van der Waals surface area (Å²) in [7, 11) is 0. The Morgan fingerprint density at radius 2 is 2.27 bits per heavy atom. The number of hydrogen-bond donors (Lipinski definition) is 2. The molecule has 0 aromatic carbocycles. The molecule has 15 heavy (non-hydrogen) atoms. The van der Waals surface area contributed by atoms with Gasteiger partial charge in [-0.05, 0) is 18.6 Å². The van der Waals surface area contributed by atoms with E-state index in [4.69, 9.17) is 5.73 Å². The van der Waals surface area contributed by atoms with Crippen molar-refractivity contribution in [3.8, 4) is 10.7 Å². The molecule has 0 aliphatic heterocycles. The van der Waals surface area contributed by atoms with Gasteiger partial charge in [0.25, 0.3) is 0 Å². The van der Waals surface area contributed by atoms with Crippen LogP contribution in [0.4, 0.5) is 5.95 Å². The number of nitrogens with one attached hydrogen (secondary N) is 1. The van der Waals surface area contributed by atoms with E-state index in [-0.39, 0.29) is 5.95 Å². The number of aromatic nitrogens is 3. The summed E-state index contributed by atoms with van der Waals surface area (Å²) in [5, 5.41) is 0. The van der Waals surface area contributed by atoms with Crippen LogP contribution in [-0.2, 0) is 6.42 Å². The van der Waals surface area contributed by atoms with Gasteiger partial charge < -0.3 is 5.73 Å². The highest BCUT2D eigenvalue weighted by Crippen LogP contribution is 2.24. The number of anilines is 1. The Morgan fingerprint density at radius 3 is 2.87 bits per heavy atom. The second-order valence-corrected chi connectivity index (χ2v) is 4.15. The third kappa shape index (κ3) is 2.04. The van der Waals surface area contributed by atoms with Gasteiger partial charge in [0.05, 0.1) is 4.88 Å². The molecule has 0 unspecified atom stereocenters. The molecule has 0 bridgehead atoms. The maximum atomic E-state index is 11.1. The number of aromatic amines is 1. The van der Waals surface area contributed by atoms with E-state index in [0.29, 0.717) is 5.82 Å². The van der Waals surface area contributed by atoms with Crippen LogP contribution in [0.1, 0.15) is 11.8 Å². The van der Waals surface area contributed by atoms with Gasteiger partial charge in [-0.2, -0.15) is 9.97 Å². The summed E-state index contributed by atoms with van der Waals surface area (Å²) in [6, 6.07) is 3.93. The smallest absolute Gasteiger partial charge is 0.349 e. The topological polar surface area (TPSA) is 84.7 Å². The van der Waals surface area contributed by atoms with Crippen molar-refractivity contribution < 1.29 is 0 Å². The second-order valence-electron chi connectivity index (χ2n) is 2.98. The number of thiophene rings is 1. The molecule has 0 amide bonds. The minimum Gasteiger partial charge on any atom is -0.368 e. The summed E-state index contributed by atoms with van der Waals surface area (Å²) in [4.78, 5) is 23.2. The zero-order valence-electron chi connectivity index (χ0n) is 8.15. The minimum atomic E-state index is -0.469. The van der Waals surface area contributed by atoms with Crippen molar-refractivity contribution in [3.05, 3.63) is 27.5 Å². The van der Waals surface area contributed by atoms with Gasteiger partial charge in [-0.15, -0.1) is 11.3 Å². The van der Waals surface area contributed by atoms with E-state index in [2.05, 4.69) is 21.9 Å². The number of nitrogens with two attached hydrogens (primary N) is 1. The fourth-order valence-electron chi connectivity index (χ4n) is 1.21. The van der Waals surface area contributed by atoms with Gasteiger partial charge in [0, 0.05) is 4.88 Å². The lowest BCUT2D eigenvalue weighted by atomic mass is 10.3. The monoisotopic (exact) mass is 222 g/mol. The molecule has 0 radical (unpaired) electrons. The Labute approximate surface area is 90.0 Å². The van der Waals surface area contributed by atoms with Gasteiger partial charge in [0.15, 0.2) is 5.82 Å². The molecule has 78 valence electrons. The standard InChI is InChI=1S/C9H10N4OS/c1-2-5-3-4-6(15-5)7-11-8(10)13-9(14)12-7/h3-4H,2H2,1H3,(H3,10,11,12,13,14). The normalized spacial score (nSPS) is 10.5. The molecule has 5 nitrogen and oxygen atoms in total. The molecule has 2 rings (SSSR count). The summed E-state index contributed by atoms with van der Waals surface area (Å²) < 4.78 is 0. The maximum Gasteiger partial charge on any atom is 0.349 e. The van der Waals surface area contributed by atoms with Crippen LogP contribution in [0.25, 0.3) is 10.7 Å². The number of rotatable bonds is 2. The summed E-state index contributed by atoms with van der Waals surface area (Å²) in [5.74, 6) is 0.484. The highest BCUT2D eigenvalue weighted by Gasteiger charge is 2.05. The van der Waals surface area contributed by atoms with Gasteiger partial charge in [0.2, 0.25) is 5.95 Å². The number of hydrogen-bond acceptors (Lipinski definition) is 5. The van der Waals surface area contributed by atoms with E-state index in [9.17, 15) is 4.79 Å². The van der Waals surface area contributed by atoms with Gasteiger partial charge in [-0.3, -0.25) is 4.98 Å². The van der Waals surface area contributed by atoms with Crippen LogP contribution < -0.4 is 11.4 Å². The van der Waals surface area contributed by atoms with Crippen molar-refractivity contribution in [1.29, 1.82) is 0 Å². The summed E-state index contributed by atoms with van der Waals surface area (Å²) in [6.07, 6.45) is 0.968. The Hall–Kier alpha value is -1.69. The molecule has 6 heteroatoms. The Morgan fingerprint density at radius 1 is 1.47 bits per heavy atom. The molecule has 3 N–H and O–H groups in total. The van der Waals surface area contributed by atoms with Gasteiger partial charge in [-0.1, -0.05) is 6.92 Å². The molecule has 2 aromatic rings. The zero-order valence-corrected chi connectivity index (χ0v) is 8.97. The molecular weight excluding hydrogens is 212 g/mol. The van der Waals surface area contributed by atoms with Crippen LogP contribution in [0.15, 0.2) is 16.9 Å². The molecule has 0 aliphatic rings. The Balaban J connectivity index is 2.48. The Kier molecular flexibility index (Phi) is 2.51. The molecule has 0 fully saturated rings. The van der Waals surface area contributed by atoms with E-state index in [1.54, 1.807) is 11.3 Å². The average molecular weight is 222 g/mol. The third-order valence-electron chi connectivity index (χ3n) is 1.91.